The molecule has 1 aliphatic heterocycles. The summed E-state index contributed by atoms with van der Waals surface area (Å²) in [5.74, 6) is 0. The van der Waals surface area contributed by atoms with Gasteiger partial charge in [-0.3, -0.25) is 0 Å². The first kappa shape index (κ1) is 5.90. The van der Waals surface area contributed by atoms with E-state index in [0.717, 1.165) is 13.0 Å². The van der Waals surface area contributed by atoms with Gasteiger partial charge in [0.25, 0.3) is 0 Å². The number of allylic oxidation sites excluding steroid dienone is 3. The average molecular weight is 134 g/mol. The van der Waals surface area contributed by atoms with Crippen molar-refractivity contribution in [3.05, 3.63) is 23.3 Å². The second-order valence-electron chi connectivity index (χ2n) is 2.86. The Bertz CT molecular complexity index is 221. The second kappa shape index (κ2) is 2.41. The summed E-state index contributed by atoms with van der Waals surface area (Å²) >= 11 is 0. The molecule has 0 aromatic heterocycles. The van der Waals surface area contributed by atoms with Gasteiger partial charge in [-0.15, -0.1) is 0 Å². The quantitative estimate of drug-likeness (QED) is 0.455. The summed E-state index contributed by atoms with van der Waals surface area (Å²) in [4.78, 5) is 3.27. The molecule has 0 saturated heterocycles. The number of hydrogen-bond donors (Lipinski definition) is 1. The molecular formula is C9H12N+. The predicted octanol–water partition coefficient (Wildman–Crippen LogP) is 0.188. The van der Waals surface area contributed by atoms with E-state index in [1.165, 1.54) is 18.4 Å². The van der Waals surface area contributed by atoms with Gasteiger partial charge in [-0.25, -0.2) is 4.99 Å². The van der Waals surface area contributed by atoms with Crippen LogP contribution in [0.25, 0.3) is 0 Å². The topological polar surface area (TPSA) is 14.0 Å². The van der Waals surface area contributed by atoms with Crippen molar-refractivity contribution in [2.75, 3.05) is 6.54 Å². The zero-order valence-corrected chi connectivity index (χ0v) is 6.06. The molecule has 0 unspecified atom stereocenters. The van der Waals surface area contributed by atoms with Crippen LogP contribution < -0.4 is 4.99 Å². The van der Waals surface area contributed by atoms with Crippen molar-refractivity contribution in [1.82, 2.24) is 0 Å². The van der Waals surface area contributed by atoms with E-state index in [2.05, 4.69) is 23.4 Å². The van der Waals surface area contributed by atoms with E-state index in [4.69, 9.17) is 0 Å². The van der Waals surface area contributed by atoms with Gasteiger partial charge in [0, 0.05) is 12.0 Å². The van der Waals surface area contributed by atoms with Crippen molar-refractivity contribution in [2.45, 2.75) is 19.3 Å². The Morgan fingerprint density at radius 1 is 1.20 bits per heavy atom. The van der Waals surface area contributed by atoms with Crippen LogP contribution in [0.3, 0.4) is 0 Å². The lowest BCUT2D eigenvalue weighted by Crippen LogP contribution is -2.70. The van der Waals surface area contributed by atoms with Crippen LogP contribution in [-0.2, 0) is 0 Å². The lowest BCUT2D eigenvalue weighted by molar-refractivity contribution is -0.452. The van der Waals surface area contributed by atoms with Crippen molar-refractivity contribution < 1.29 is 4.99 Å². The lowest BCUT2D eigenvalue weighted by Gasteiger charge is -2.12. The predicted molar refractivity (Wildman–Crippen MR) is 41.9 cm³/mol. The first-order valence-corrected chi connectivity index (χ1v) is 3.89. The molecule has 0 saturated carbocycles. The summed E-state index contributed by atoms with van der Waals surface area (Å²) in [6.45, 7) is 1.13. The van der Waals surface area contributed by atoms with Gasteiger partial charge >= 0.3 is 0 Å². The maximum atomic E-state index is 3.27. The summed E-state index contributed by atoms with van der Waals surface area (Å²) in [7, 11) is 0. The van der Waals surface area contributed by atoms with Gasteiger partial charge in [0.1, 0.15) is 6.54 Å². The molecule has 1 aliphatic carbocycles. The van der Waals surface area contributed by atoms with Crippen molar-refractivity contribution in [3.63, 3.8) is 0 Å². The van der Waals surface area contributed by atoms with E-state index >= 15 is 0 Å². The van der Waals surface area contributed by atoms with Gasteiger partial charge < -0.3 is 0 Å². The highest BCUT2D eigenvalue weighted by Crippen LogP contribution is 2.20. The molecule has 0 fully saturated rings. The number of nitrogens with one attached hydrogen (secondary N) is 1. The maximum Gasteiger partial charge on any atom is 0.165 e. The van der Waals surface area contributed by atoms with Crippen molar-refractivity contribution in [2.24, 2.45) is 0 Å². The summed E-state index contributed by atoms with van der Waals surface area (Å²) in [6, 6.07) is 0. The molecule has 1 heteroatoms. The smallest absolute Gasteiger partial charge is 0.165 e. The molecule has 0 amide bonds. The van der Waals surface area contributed by atoms with Crippen LogP contribution in [0.1, 0.15) is 19.3 Å². The third kappa shape index (κ3) is 0.919. The summed E-state index contributed by atoms with van der Waals surface area (Å²) < 4.78 is 0. The molecule has 0 bridgehead atoms. The monoisotopic (exact) mass is 134 g/mol. The third-order valence-corrected chi connectivity index (χ3v) is 2.17. The zero-order chi connectivity index (χ0) is 6.81. The molecule has 0 aromatic rings. The summed E-state index contributed by atoms with van der Waals surface area (Å²) in [6.07, 6.45) is 10.3. The molecule has 2 rings (SSSR count). The van der Waals surface area contributed by atoms with Gasteiger partial charge in [-0.05, 0) is 12.8 Å². The van der Waals surface area contributed by atoms with Crippen LogP contribution in [0.2, 0.25) is 0 Å². The number of hydrogen-bond acceptors (Lipinski definition) is 0. The standard InChI is InChI=1S/C9H11N/c1-2-4-9-7-10-6-5-8(9)3-1/h1-2,7H,3-6H2/p+1. The SMILES string of the molecule is C1=CCC2=C(C=[NH+]CC2)C1. The molecule has 0 aromatic carbocycles. The average Bonchev–Trinajstić information content (AvgIpc) is 2.05. The minimum Gasteiger partial charge on any atom is -0.248 e. The highest BCUT2D eigenvalue weighted by Gasteiger charge is 2.12. The minimum absolute atomic E-state index is 1.13. The molecule has 52 valence electrons. The molecule has 0 radical (unpaired) electrons. The van der Waals surface area contributed by atoms with Gasteiger partial charge in [-0.2, -0.15) is 0 Å². The van der Waals surface area contributed by atoms with Gasteiger partial charge in [0.15, 0.2) is 6.21 Å². The van der Waals surface area contributed by atoms with Crippen molar-refractivity contribution >= 4 is 6.21 Å². The molecule has 0 spiro atoms. The molecule has 1 nitrogen and oxygen atoms in total. The van der Waals surface area contributed by atoms with Gasteiger partial charge in [-0.1, -0.05) is 17.7 Å². The number of rotatable bonds is 0. The van der Waals surface area contributed by atoms with Crippen LogP contribution in [-0.4, -0.2) is 12.8 Å². The Hall–Kier alpha value is -0.850. The molecule has 10 heavy (non-hydrogen) atoms. The highest BCUT2D eigenvalue weighted by atomic mass is 14.7. The maximum absolute atomic E-state index is 3.27. The van der Waals surface area contributed by atoms with Crippen molar-refractivity contribution in [1.29, 1.82) is 0 Å². The largest absolute Gasteiger partial charge is 0.248 e. The lowest BCUT2D eigenvalue weighted by atomic mass is 9.94. The van der Waals surface area contributed by atoms with E-state index in [-0.39, 0.29) is 0 Å². The Labute approximate surface area is 61.2 Å². The minimum atomic E-state index is 1.13. The van der Waals surface area contributed by atoms with Gasteiger partial charge in [0.05, 0.1) is 0 Å². The highest BCUT2D eigenvalue weighted by molar-refractivity contribution is 5.76. The normalized spacial score (nSPS) is 23.2. The van der Waals surface area contributed by atoms with Crippen LogP contribution in [0.4, 0.5) is 0 Å². The molecule has 1 heterocycles. The van der Waals surface area contributed by atoms with Crippen molar-refractivity contribution in [3.8, 4) is 0 Å². The zero-order valence-electron chi connectivity index (χ0n) is 6.06. The van der Waals surface area contributed by atoms with Crippen LogP contribution in [0, 0.1) is 0 Å². The van der Waals surface area contributed by atoms with E-state index in [0.29, 0.717) is 0 Å². The second-order valence-corrected chi connectivity index (χ2v) is 2.86. The summed E-state index contributed by atoms with van der Waals surface area (Å²) in [5.41, 5.74) is 3.16. The van der Waals surface area contributed by atoms with E-state index in [9.17, 15) is 0 Å². The Morgan fingerprint density at radius 3 is 3.00 bits per heavy atom. The first-order valence-electron chi connectivity index (χ1n) is 3.89. The fraction of sp³-hybridized carbons (Fsp3) is 0.444. The first-order chi connectivity index (χ1) is 4.97. The van der Waals surface area contributed by atoms with E-state index < -0.39 is 0 Å². The van der Waals surface area contributed by atoms with Crippen LogP contribution in [0.15, 0.2) is 23.3 Å². The Kier molecular flexibility index (Phi) is 1.42. The fourth-order valence-electron chi connectivity index (χ4n) is 1.55. The molecule has 2 aliphatic rings. The van der Waals surface area contributed by atoms with E-state index in [1.54, 1.807) is 5.57 Å². The molecule has 1 N–H and O–H groups in total. The fourth-order valence-corrected chi connectivity index (χ4v) is 1.55. The van der Waals surface area contributed by atoms with E-state index in [1.807, 2.05) is 0 Å². The Balaban J connectivity index is 2.25. The summed E-state index contributed by atoms with van der Waals surface area (Å²) in [5, 5.41) is 0. The Morgan fingerprint density at radius 2 is 2.10 bits per heavy atom. The molecule has 0 atom stereocenters. The molecular weight excluding hydrogens is 122 g/mol. The van der Waals surface area contributed by atoms with Crippen LogP contribution in [0.5, 0.6) is 0 Å². The van der Waals surface area contributed by atoms with Gasteiger partial charge in [0.2, 0.25) is 0 Å². The third-order valence-electron chi connectivity index (χ3n) is 2.17. The van der Waals surface area contributed by atoms with Crippen LogP contribution >= 0.6 is 0 Å².